The number of hydrogen-bond donors (Lipinski definition) is 0. The van der Waals surface area contributed by atoms with Gasteiger partial charge in [0.2, 0.25) is 0 Å². The second-order valence-electron chi connectivity index (χ2n) is 7.77. The zero-order chi connectivity index (χ0) is 23.7. The second-order valence-corrected chi connectivity index (χ2v) is 9.22. The summed E-state index contributed by atoms with van der Waals surface area (Å²) < 4.78 is 13.6. The normalized spacial score (nSPS) is 11.1. The molecule has 1 amide bonds. The summed E-state index contributed by atoms with van der Waals surface area (Å²) in [5.41, 5.74) is 4.23. The number of carbonyl (C=O) groups is 1. The van der Waals surface area contributed by atoms with Gasteiger partial charge in [-0.15, -0.1) is 0 Å². The molecule has 0 radical (unpaired) electrons. The number of methoxy groups -OCH3 is 2. The maximum absolute atomic E-state index is 13.7. The Labute approximate surface area is 201 Å². The average molecular weight is 485 g/mol. The van der Waals surface area contributed by atoms with E-state index in [1.165, 1.54) is 11.3 Å². The molecular weight excluding hydrogens is 460 g/mol. The summed E-state index contributed by atoms with van der Waals surface area (Å²) in [6.07, 6.45) is 0. The number of nitrogens with zero attached hydrogens (tertiary/aromatic N) is 4. The molecule has 0 saturated carbocycles. The Morgan fingerprint density at radius 3 is 2.36 bits per heavy atom. The van der Waals surface area contributed by atoms with Crippen LogP contribution in [0.3, 0.4) is 0 Å². The van der Waals surface area contributed by atoms with Gasteiger partial charge in [0.15, 0.2) is 5.13 Å². The predicted octanol–water partition coefficient (Wildman–Crippen LogP) is 5.44. The predicted molar refractivity (Wildman–Crippen MR) is 132 cm³/mol. The third-order valence-electron chi connectivity index (χ3n) is 5.35. The van der Waals surface area contributed by atoms with Crippen molar-refractivity contribution in [2.75, 3.05) is 25.7 Å². The van der Waals surface area contributed by atoms with Crippen molar-refractivity contribution in [3.8, 4) is 11.5 Å². The van der Waals surface area contributed by atoms with Crippen LogP contribution >= 0.6 is 22.9 Å². The molecule has 0 atom stereocenters. The van der Waals surface area contributed by atoms with Gasteiger partial charge in [0.25, 0.3) is 5.91 Å². The third-order valence-corrected chi connectivity index (χ3v) is 6.60. The molecule has 4 rings (SSSR count). The standard InChI is InChI=1S/C24H25ClN4O3S/c1-14-8-18(25)12-21-22(14)26-24(33-21)28(6-7-29-16(3)9-15(2)27-29)23(30)17-10-19(31-4)13-20(11-17)32-5/h8-13H,6-7H2,1-5H3. The van der Waals surface area contributed by atoms with E-state index in [0.29, 0.717) is 40.3 Å². The molecule has 2 aromatic heterocycles. The third kappa shape index (κ3) is 4.82. The molecule has 0 aliphatic carbocycles. The van der Waals surface area contributed by atoms with Crippen LogP contribution in [0.15, 0.2) is 36.4 Å². The first-order valence-corrected chi connectivity index (χ1v) is 11.6. The van der Waals surface area contributed by atoms with Crippen molar-refractivity contribution in [3.63, 3.8) is 0 Å². The number of fused-ring (bicyclic) bond motifs is 1. The summed E-state index contributed by atoms with van der Waals surface area (Å²) in [5.74, 6) is 0.891. The van der Waals surface area contributed by atoms with Crippen molar-refractivity contribution in [3.05, 3.63) is 63.9 Å². The average Bonchev–Trinajstić information content (AvgIpc) is 3.35. The van der Waals surface area contributed by atoms with Crippen LogP contribution in [0.1, 0.15) is 27.3 Å². The number of aromatic nitrogens is 3. The topological polar surface area (TPSA) is 69.5 Å². The smallest absolute Gasteiger partial charge is 0.260 e. The molecule has 0 spiro atoms. The summed E-state index contributed by atoms with van der Waals surface area (Å²) >= 11 is 7.70. The Hall–Kier alpha value is -3.10. The van der Waals surface area contributed by atoms with Crippen LogP contribution in [0.4, 0.5) is 5.13 Å². The first-order chi connectivity index (χ1) is 15.8. The molecule has 0 aliphatic heterocycles. The quantitative estimate of drug-likeness (QED) is 0.349. The molecule has 172 valence electrons. The number of halogens is 1. The molecule has 0 unspecified atom stereocenters. The Morgan fingerprint density at radius 1 is 1.06 bits per heavy atom. The van der Waals surface area contributed by atoms with Gasteiger partial charge in [-0.1, -0.05) is 22.9 Å². The van der Waals surface area contributed by atoms with Gasteiger partial charge in [-0.25, -0.2) is 4.98 Å². The maximum Gasteiger partial charge on any atom is 0.260 e. The van der Waals surface area contributed by atoms with E-state index in [0.717, 1.165) is 27.2 Å². The fraction of sp³-hybridized carbons (Fsp3) is 0.292. The van der Waals surface area contributed by atoms with Gasteiger partial charge in [0.1, 0.15) is 11.5 Å². The lowest BCUT2D eigenvalue weighted by molar-refractivity contribution is 0.0985. The van der Waals surface area contributed by atoms with E-state index in [-0.39, 0.29) is 5.91 Å². The molecular formula is C24H25ClN4O3S. The zero-order valence-electron chi connectivity index (χ0n) is 19.2. The van der Waals surface area contributed by atoms with Gasteiger partial charge in [0.05, 0.1) is 36.7 Å². The summed E-state index contributed by atoms with van der Waals surface area (Å²) in [7, 11) is 3.12. The number of anilines is 1. The maximum atomic E-state index is 13.7. The van der Waals surface area contributed by atoms with E-state index in [4.69, 9.17) is 26.1 Å². The Balaban J connectivity index is 1.76. The van der Waals surface area contributed by atoms with E-state index in [2.05, 4.69) is 5.10 Å². The van der Waals surface area contributed by atoms with Crippen molar-refractivity contribution < 1.29 is 14.3 Å². The number of benzene rings is 2. The highest BCUT2D eigenvalue weighted by Gasteiger charge is 2.23. The van der Waals surface area contributed by atoms with E-state index in [1.807, 2.05) is 43.7 Å². The van der Waals surface area contributed by atoms with Gasteiger partial charge >= 0.3 is 0 Å². The highest BCUT2D eigenvalue weighted by Crippen LogP contribution is 2.34. The van der Waals surface area contributed by atoms with Crippen molar-refractivity contribution >= 4 is 44.2 Å². The van der Waals surface area contributed by atoms with Gasteiger partial charge in [-0.3, -0.25) is 14.4 Å². The molecule has 0 fully saturated rings. The lowest BCUT2D eigenvalue weighted by atomic mass is 10.1. The largest absolute Gasteiger partial charge is 0.497 e. The Bertz CT molecular complexity index is 1310. The number of carbonyl (C=O) groups excluding carboxylic acids is 1. The van der Waals surface area contributed by atoms with Crippen molar-refractivity contribution in [1.29, 1.82) is 0 Å². The fourth-order valence-electron chi connectivity index (χ4n) is 3.72. The minimum atomic E-state index is -0.198. The van der Waals surface area contributed by atoms with E-state index in [1.54, 1.807) is 37.3 Å². The molecule has 0 saturated heterocycles. The molecule has 0 bridgehead atoms. The SMILES string of the molecule is COc1cc(OC)cc(C(=O)N(CCn2nc(C)cc2C)c2nc3c(C)cc(Cl)cc3s2)c1. The number of thiazole rings is 1. The van der Waals surface area contributed by atoms with Crippen LogP contribution in [0, 0.1) is 20.8 Å². The van der Waals surface area contributed by atoms with E-state index >= 15 is 0 Å². The summed E-state index contributed by atoms with van der Waals surface area (Å²) in [6.45, 7) is 6.85. The van der Waals surface area contributed by atoms with Gasteiger partial charge < -0.3 is 9.47 Å². The number of hydrogen-bond acceptors (Lipinski definition) is 6. The molecule has 33 heavy (non-hydrogen) atoms. The van der Waals surface area contributed by atoms with E-state index < -0.39 is 0 Å². The molecule has 0 N–H and O–H groups in total. The van der Waals surface area contributed by atoms with Crippen molar-refractivity contribution in [2.45, 2.75) is 27.3 Å². The van der Waals surface area contributed by atoms with Crippen molar-refractivity contribution in [2.24, 2.45) is 0 Å². The van der Waals surface area contributed by atoms with Crippen LogP contribution < -0.4 is 14.4 Å². The molecule has 2 aromatic carbocycles. The van der Waals surface area contributed by atoms with Crippen LogP contribution in [-0.2, 0) is 6.54 Å². The lowest BCUT2D eigenvalue weighted by Crippen LogP contribution is -2.34. The first kappa shape index (κ1) is 23.1. The Kier molecular flexibility index (Phi) is 6.58. The van der Waals surface area contributed by atoms with E-state index in [9.17, 15) is 4.79 Å². The molecule has 9 heteroatoms. The molecule has 2 heterocycles. The van der Waals surface area contributed by atoms with Crippen LogP contribution in [0.5, 0.6) is 11.5 Å². The number of rotatable bonds is 7. The first-order valence-electron chi connectivity index (χ1n) is 10.4. The summed E-state index contributed by atoms with van der Waals surface area (Å²) in [6, 6.07) is 10.9. The molecule has 7 nitrogen and oxygen atoms in total. The fourth-order valence-corrected chi connectivity index (χ4v) is 5.17. The van der Waals surface area contributed by atoms with Crippen LogP contribution in [-0.4, -0.2) is 41.4 Å². The summed E-state index contributed by atoms with van der Waals surface area (Å²) in [5, 5.41) is 5.78. The number of ether oxygens (including phenoxy) is 2. The number of amides is 1. The minimum absolute atomic E-state index is 0.198. The Morgan fingerprint density at radius 2 is 1.76 bits per heavy atom. The highest BCUT2D eigenvalue weighted by atomic mass is 35.5. The number of aryl methyl sites for hydroxylation is 3. The summed E-state index contributed by atoms with van der Waals surface area (Å²) in [4.78, 5) is 20.2. The second kappa shape index (κ2) is 9.41. The van der Waals surface area contributed by atoms with Crippen molar-refractivity contribution in [1.82, 2.24) is 14.8 Å². The lowest BCUT2D eigenvalue weighted by Gasteiger charge is -2.21. The van der Waals surface area contributed by atoms with Gasteiger partial charge in [-0.2, -0.15) is 5.10 Å². The van der Waals surface area contributed by atoms with Crippen LogP contribution in [0.2, 0.25) is 5.02 Å². The molecule has 4 aromatic rings. The van der Waals surface area contributed by atoms with Gasteiger partial charge in [0, 0.05) is 28.9 Å². The highest BCUT2D eigenvalue weighted by molar-refractivity contribution is 7.22. The monoisotopic (exact) mass is 484 g/mol. The zero-order valence-corrected chi connectivity index (χ0v) is 20.8. The minimum Gasteiger partial charge on any atom is -0.497 e. The molecule has 0 aliphatic rings. The van der Waals surface area contributed by atoms with Gasteiger partial charge in [-0.05, 0) is 56.7 Å². The van der Waals surface area contributed by atoms with Crippen LogP contribution in [0.25, 0.3) is 10.2 Å².